The highest BCUT2D eigenvalue weighted by atomic mass is 16.4. The third kappa shape index (κ3) is 2.67. The van der Waals surface area contributed by atoms with Crippen molar-refractivity contribution in [1.29, 1.82) is 5.26 Å². The van der Waals surface area contributed by atoms with E-state index >= 15 is 0 Å². The van der Waals surface area contributed by atoms with E-state index in [1.165, 1.54) is 18.3 Å². The molecule has 2 aromatic heterocycles. The molecule has 8 heteroatoms. The van der Waals surface area contributed by atoms with Crippen molar-refractivity contribution in [1.82, 2.24) is 15.0 Å². The lowest BCUT2D eigenvalue weighted by atomic mass is 10.3. The number of nitrogens with zero attached hydrogens (tertiary/aromatic N) is 3. The smallest absolute Gasteiger partial charge is 0.325 e. The highest BCUT2D eigenvalue weighted by Gasteiger charge is 2.12. The van der Waals surface area contributed by atoms with Gasteiger partial charge < -0.3 is 14.3 Å². The first-order chi connectivity index (χ1) is 9.51. The number of rotatable bonds is 3. The Morgan fingerprint density at radius 1 is 1.40 bits per heavy atom. The molecule has 0 aromatic carbocycles. The predicted octanol–water partition coefficient (Wildman–Crippen LogP) is 0.159. The largest absolute Gasteiger partial charge is 0.420 e. The van der Waals surface area contributed by atoms with Crippen LogP contribution < -0.4 is 16.1 Å². The van der Waals surface area contributed by atoms with Gasteiger partial charge in [-0.15, -0.1) is 0 Å². The molecular formula is C12H11N5O3. The standard InChI is InChI=1S/C12H11N5O3/c1-17(2)11-8(5-13)15-9(20-11)4-3-7-6-14-12(19)16-10(7)18/h3-4,6H,1-2H3,(H2,14,16,18,19)/b4-3+. The van der Waals surface area contributed by atoms with Crippen LogP contribution in [0.15, 0.2) is 20.2 Å². The van der Waals surface area contributed by atoms with Crippen molar-refractivity contribution in [2.75, 3.05) is 19.0 Å². The van der Waals surface area contributed by atoms with Gasteiger partial charge >= 0.3 is 5.69 Å². The zero-order valence-corrected chi connectivity index (χ0v) is 10.8. The summed E-state index contributed by atoms with van der Waals surface area (Å²) in [5.41, 5.74) is -0.701. The van der Waals surface area contributed by atoms with E-state index in [0.717, 1.165) is 0 Å². The maximum Gasteiger partial charge on any atom is 0.325 e. The van der Waals surface area contributed by atoms with Gasteiger partial charge in [0, 0.05) is 26.4 Å². The van der Waals surface area contributed by atoms with Gasteiger partial charge in [0.1, 0.15) is 6.07 Å². The summed E-state index contributed by atoms with van der Waals surface area (Å²) < 4.78 is 5.37. The Kier molecular flexibility index (Phi) is 3.52. The summed E-state index contributed by atoms with van der Waals surface area (Å²) in [6, 6.07) is 1.92. The number of aromatic nitrogens is 3. The van der Waals surface area contributed by atoms with E-state index in [0.29, 0.717) is 5.88 Å². The third-order valence-corrected chi connectivity index (χ3v) is 2.39. The van der Waals surface area contributed by atoms with E-state index in [4.69, 9.17) is 9.68 Å². The van der Waals surface area contributed by atoms with Gasteiger partial charge in [-0.05, 0) is 6.08 Å². The lowest BCUT2D eigenvalue weighted by molar-refractivity contribution is 0.545. The molecule has 0 radical (unpaired) electrons. The molecule has 2 aromatic rings. The molecule has 0 fully saturated rings. The minimum absolute atomic E-state index is 0.157. The Labute approximate surface area is 113 Å². The molecule has 0 spiro atoms. The van der Waals surface area contributed by atoms with Crippen LogP contribution in [0.2, 0.25) is 0 Å². The minimum Gasteiger partial charge on any atom is -0.420 e. The zero-order valence-electron chi connectivity index (χ0n) is 10.8. The molecule has 0 unspecified atom stereocenters. The van der Waals surface area contributed by atoms with Crippen LogP contribution in [0.5, 0.6) is 0 Å². The van der Waals surface area contributed by atoms with Gasteiger partial charge in [0.25, 0.3) is 5.56 Å². The van der Waals surface area contributed by atoms with Crippen molar-refractivity contribution in [2.45, 2.75) is 0 Å². The van der Waals surface area contributed by atoms with Gasteiger partial charge in [-0.25, -0.2) is 4.79 Å². The molecule has 0 amide bonds. The molecule has 0 atom stereocenters. The minimum atomic E-state index is -0.579. The van der Waals surface area contributed by atoms with Crippen LogP contribution in [-0.2, 0) is 0 Å². The van der Waals surface area contributed by atoms with E-state index < -0.39 is 11.2 Å². The molecule has 0 aliphatic heterocycles. The van der Waals surface area contributed by atoms with Gasteiger partial charge in [0.05, 0.1) is 5.56 Å². The fourth-order valence-electron chi connectivity index (χ4n) is 1.48. The second-order valence-electron chi connectivity index (χ2n) is 4.07. The Morgan fingerprint density at radius 3 is 2.70 bits per heavy atom. The number of aromatic amines is 2. The molecule has 20 heavy (non-hydrogen) atoms. The van der Waals surface area contributed by atoms with Crippen molar-refractivity contribution >= 4 is 18.0 Å². The van der Waals surface area contributed by atoms with Crippen LogP contribution in [0.1, 0.15) is 17.1 Å². The molecule has 102 valence electrons. The summed E-state index contributed by atoms with van der Waals surface area (Å²) in [6.45, 7) is 0. The number of hydrogen-bond acceptors (Lipinski definition) is 6. The van der Waals surface area contributed by atoms with Gasteiger partial charge in [-0.1, -0.05) is 0 Å². The number of oxazole rings is 1. The SMILES string of the molecule is CN(C)c1oc(/C=C/c2c[nH]c(=O)[nH]c2=O)nc1C#N. The third-order valence-electron chi connectivity index (χ3n) is 2.39. The number of H-pyrrole nitrogens is 2. The zero-order chi connectivity index (χ0) is 14.7. The van der Waals surface area contributed by atoms with Crippen molar-refractivity contribution < 1.29 is 4.42 Å². The number of hydrogen-bond donors (Lipinski definition) is 2. The lowest BCUT2D eigenvalue weighted by Gasteiger charge is -2.05. The summed E-state index contributed by atoms with van der Waals surface area (Å²) in [4.78, 5) is 32.4. The van der Waals surface area contributed by atoms with E-state index in [1.807, 2.05) is 6.07 Å². The van der Waals surface area contributed by atoms with Crippen LogP contribution in [0.3, 0.4) is 0 Å². The Hall–Kier alpha value is -3.08. The normalized spacial score (nSPS) is 10.7. The fourth-order valence-corrected chi connectivity index (χ4v) is 1.48. The molecule has 2 rings (SSSR count). The van der Waals surface area contributed by atoms with E-state index in [9.17, 15) is 9.59 Å². The lowest BCUT2D eigenvalue weighted by Crippen LogP contribution is -2.22. The molecule has 0 bridgehead atoms. The summed E-state index contributed by atoms with van der Waals surface area (Å²) in [7, 11) is 3.45. The maximum atomic E-state index is 11.5. The molecule has 2 N–H and O–H groups in total. The summed E-state index contributed by atoms with van der Waals surface area (Å²) in [5, 5.41) is 8.92. The Morgan fingerprint density at radius 2 is 2.15 bits per heavy atom. The first kappa shape index (κ1) is 13.4. The predicted molar refractivity (Wildman–Crippen MR) is 72.2 cm³/mol. The van der Waals surface area contributed by atoms with Crippen LogP contribution in [0, 0.1) is 11.3 Å². The highest BCUT2D eigenvalue weighted by Crippen LogP contribution is 2.20. The van der Waals surface area contributed by atoms with E-state index in [1.54, 1.807) is 19.0 Å². The number of anilines is 1. The van der Waals surface area contributed by atoms with Crippen molar-refractivity contribution in [3.8, 4) is 6.07 Å². The summed E-state index contributed by atoms with van der Waals surface area (Å²) >= 11 is 0. The van der Waals surface area contributed by atoms with Crippen LogP contribution in [0.25, 0.3) is 12.2 Å². The van der Waals surface area contributed by atoms with Crippen LogP contribution >= 0.6 is 0 Å². The van der Waals surface area contributed by atoms with Crippen molar-refractivity contribution in [3.63, 3.8) is 0 Å². The maximum absolute atomic E-state index is 11.5. The quantitative estimate of drug-likeness (QED) is 0.822. The topological polar surface area (TPSA) is 119 Å². The van der Waals surface area contributed by atoms with Crippen LogP contribution in [0.4, 0.5) is 5.88 Å². The highest BCUT2D eigenvalue weighted by molar-refractivity contribution is 5.66. The Bertz CT molecular complexity index is 803. The number of nitriles is 1. The van der Waals surface area contributed by atoms with Crippen molar-refractivity contribution in [2.24, 2.45) is 0 Å². The van der Waals surface area contributed by atoms with Gasteiger partial charge in [-0.3, -0.25) is 9.78 Å². The average Bonchev–Trinajstić information content (AvgIpc) is 2.81. The first-order valence-corrected chi connectivity index (χ1v) is 5.59. The van der Waals surface area contributed by atoms with E-state index in [-0.39, 0.29) is 17.1 Å². The van der Waals surface area contributed by atoms with Gasteiger partial charge in [0.2, 0.25) is 17.5 Å². The van der Waals surface area contributed by atoms with E-state index in [2.05, 4.69) is 15.0 Å². The van der Waals surface area contributed by atoms with Gasteiger partial charge in [-0.2, -0.15) is 10.2 Å². The monoisotopic (exact) mass is 273 g/mol. The van der Waals surface area contributed by atoms with Gasteiger partial charge in [0.15, 0.2) is 0 Å². The van der Waals surface area contributed by atoms with Crippen molar-refractivity contribution in [3.05, 3.63) is 44.2 Å². The fraction of sp³-hybridized carbons (Fsp3) is 0.167. The molecule has 8 nitrogen and oxygen atoms in total. The molecule has 2 heterocycles. The first-order valence-electron chi connectivity index (χ1n) is 5.59. The number of nitrogens with one attached hydrogen (secondary N) is 2. The molecule has 0 aliphatic rings. The second kappa shape index (κ2) is 5.27. The molecule has 0 saturated carbocycles. The summed E-state index contributed by atoms with van der Waals surface area (Å²) in [5.74, 6) is 0.526. The molecule has 0 aliphatic carbocycles. The molecule has 0 saturated heterocycles. The average molecular weight is 273 g/mol. The second-order valence-corrected chi connectivity index (χ2v) is 4.07. The van der Waals surface area contributed by atoms with Crippen LogP contribution in [-0.4, -0.2) is 29.0 Å². The molecular weight excluding hydrogens is 262 g/mol. The summed E-state index contributed by atoms with van der Waals surface area (Å²) in [6.07, 6.45) is 4.15. The Balaban J connectivity index is 2.35.